The molecule has 0 aliphatic carbocycles. The summed E-state index contributed by atoms with van der Waals surface area (Å²) in [4.78, 5) is 22.1. The number of nitrogens with zero attached hydrogens (tertiary/aromatic N) is 1. The van der Waals surface area contributed by atoms with Gasteiger partial charge in [0, 0.05) is 23.9 Å². The Morgan fingerprint density at radius 2 is 1.90 bits per heavy atom. The molecule has 0 N–H and O–H groups in total. The largest absolute Gasteiger partial charge is 0.466 e. The van der Waals surface area contributed by atoms with Crippen LogP contribution in [0.5, 0.6) is 0 Å². The van der Waals surface area contributed by atoms with Crippen LogP contribution in [0.1, 0.15) is 0 Å². The van der Waals surface area contributed by atoms with Gasteiger partial charge in [-0.3, -0.25) is 0 Å². The van der Waals surface area contributed by atoms with Crippen molar-refractivity contribution in [2.75, 3.05) is 13.7 Å². The lowest BCUT2D eigenvalue weighted by atomic mass is 10.2. The molecule has 5 heteroatoms. The van der Waals surface area contributed by atoms with Crippen molar-refractivity contribution in [3.05, 3.63) is 48.7 Å². The Balaban J connectivity index is 1.85. The van der Waals surface area contributed by atoms with Crippen LogP contribution in [0, 0.1) is 0 Å². The highest BCUT2D eigenvalue weighted by Gasteiger charge is 2.02. The topological polar surface area (TPSA) is 57.5 Å². The summed E-state index contributed by atoms with van der Waals surface area (Å²) < 4.78 is 11.4. The second kappa shape index (κ2) is 6.56. The quantitative estimate of drug-likeness (QED) is 0.617. The van der Waals surface area contributed by atoms with E-state index in [0.717, 1.165) is 23.1 Å². The molecular formula is C15H15NO4. The molecule has 1 aromatic carbocycles. The van der Waals surface area contributed by atoms with Gasteiger partial charge in [0.15, 0.2) is 0 Å². The second-order valence-electron chi connectivity index (χ2n) is 4.09. The summed E-state index contributed by atoms with van der Waals surface area (Å²) in [7, 11) is 1.25. The molecule has 0 fully saturated rings. The first-order valence-corrected chi connectivity index (χ1v) is 6.17. The Labute approximate surface area is 116 Å². The number of carbonyl (C=O) groups excluding carboxylic acids is 2. The van der Waals surface area contributed by atoms with Gasteiger partial charge in [0.05, 0.1) is 13.7 Å². The number of rotatable bonds is 5. The normalized spacial score (nSPS) is 10.8. The molecule has 0 bridgehead atoms. The zero-order valence-corrected chi connectivity index (χ0v) is 11.1. The molecule has 0 aliphatic rings. The zero-order chi connectivity index (χ0) is 14.4. The van der Waals surface area contributed by atoms with E-state index in [0.29, 0.717) is 6.54 Å². The lowest BCUT2D eigenvalue weighted by Gasteiger charge is -2.05. The number of aromatic nitrogens is 1. The number of hydrogen-bond donors (Lipinski definition) is 0. The van der Waals surface area contributed by atoms with Gasteiger partial charge in [0.2, 0.25) is 0 Å². The first-order valence-electron chi connectivity index (χ1n) is 6.17. The minimum Gasteiger partial charge on any atom is -0.466 e. The summed E-state index contributed by atoms with van der Waals surface area (Å²) >= 11 is 0. The number of methoxy groups -OCH3 is 1. The van der Waals surface area contributed by atoms with E-state index in [-0.39, 0.29) is 6.61 Å². The number of benzene rings is 1. The smallest absolute Gasteiger partial charge is 0.331 e. The van der Waals surface area contributed by atoms with Crippen molar-refractivity contribution in [2.24, 2.45) is 0 Å². The van der Waals surface area contributed by atoms with Gasteiger partial charge in [-0.1, -0.05) is 18.2 Å². The predicted molar refractivity (Wildman–Crippen MR) is 74.1 cm³/mol. The van der Waals surface area contributed by atoms with Gasteiger partial charge in [-0.15, -0.1) is 0 Å². The Morgan fingerprint density at radius 3 is 2.70 bits per heavy atom. The van der Waals surface area contributed by atoms with Gasteiger partial charge in [0.25, 0.3) is 0 Å². The summed E-state index contributed by atoms with van der Waals surface area (Å²) in [5, 5.41) is 1.14. The number of para-hydroxylation sites is 1. The Hall–Kier alpha value is -2.56. The molecule has 20 heavy (non-hydrogen) atoms. The number of esters is 2. The van der Waals surface area contributed by atoms with E-state index in [1.807, 2.05) is 41.1 Å². The molecule has 0 saturated carbocycles. The van der Waals surface area contributed by atoms with E-state index >= 15 is 0 Å². The average molecular weight is 273 g/mol. The number of fused-ring (bicyclic) bond motifs is 1. The highest BCUT2D eigenvalue weighted by atomic mass is 16.5. The van der Waals surface area contributed by atoms with Crippen molar-refractivity contribution in [1.82, 2.24) is 4.57 Å². The van der Waals surface area contributed by atoms with E-state index in [1.54, 1.807) is 0 Å². The molecule has 2 rings (SSSR count). The maximum Gasteiger partial charge on any atom is 0.331 e. The van der Waals surface area contributed by atoms with Crippen LogP contribution in [0.15, 0.2) is 48.7 Å². The SMILES string of the molecule is COC(=O)C=CC(=O)OCCn1ccc2ccccc21. The summed E-state index contributed by atoms with van der Waals surface area (Å²) in [6, 6.07) is 9.98. The molecule has 5 nitrogen and oxygen atoms in total. The van der Waals surface area contributed by atoms with Crippen molar-refractivity contribution in [2.45, 2.75) is 6.54 Å². The lowest BCUT2D eigenvalue weighted by Crippen LogP contribution is -2.09. The van der Waals surface area contributed by atoms with Crippen LogP contribution in [0.4, 0.5) is 0 Å². The van der Waals surface area contributed by atoms with Crippen molar-refractivity contribution < 1.29 is 19.1 Å². The molecule has 0 unspecified atom stereocenters. The maximum absolute atomic E-state index is 11.3. The van der Waals surface area contributed by atoms with Gasteiger partial charge < -0.3 is 14.0 Å². The first kappa shape index (κ1) is 13.9. The fourth-order valence-electron chi connectivity index (χ4n) is 1.83. The Morgan fingerprint density at radius 1 is 1.15 bits per heavy atom. The van der Waals surface area contributed by atoms with Crippen LogP contribution in [0.25, 0.3) is 10.9 Å². The Kier molecular flexibility index (Phi) is 4.55. The fraction of sp³-hybridized carbons (Fsp3) is 0.200. The molecular weight excluding hydrogens is 258 g/mol. The molecule has 104 valence electrons. The number of hydrogen-bond acceptors (Lipinski definition) is 4. The van der Waals surface area contributed by atoms with Crippen molar-refractivity contribution >= 4 is 22.8 Å². The van der Waals surface area contributed by atoms with Crippen LogP contribution >= 0.6 is 0 Å². The molecule has 0 spiro atoms. The standard InChI is InChI=1S/C15H15NO4/c1-19-14(17)6-7-15(18)20-11-10-16-9-8-12-4-2-3-5-13(12)16/h2-9H,10-11H2,1H3. The predicted octanol–water partition coefficient (Wildman–Crippen LogP) is 1.91. The van der Waals surface area contributed by atoms with Crippen LogP contribution < -0.4 is 0 Å². The van der Waals surface area contributed by atoms with Gasteiger partial charge in [0.1, 0.15) is 6.61 Å². The molecule has 1 aromatic heterocycles. The zero-order valence-electron chi connectivity index (χ0n) is 11.1. The first-order chi connectivity index (χ1) is 9.70. The van der Waals surface area contributed by atoms with E-state index in [1.165, 1.54) is 7.11 Å². The lowest BCUT2D eigenvalue weighted by molar-refractivity contribution is -0.139. The van der Waals surface area contributed by atoms with Crippen LogP contribution in [0.2, 0.25) is 0 Å². The van der Waals surface area contributed by atoms with Gasteiger partial charge >= 0.3 is 11.9 Å². The average Bonchev–Trinajstić information content (AvgIpc) is 2.88. The highest BCUT2D eigenvalue weighted by molar-refractivity contribution is 5.91. The third-order valence-electron chi connectivity index (χ3n) is 2.81. The molecule has 0 saturated heterocycles. The summed E-state index contributed by atoms with van der Waals surface area (Å²) in [6.45, 7) is 0.800. The molecule has 0 radical (unpaired) electrons. The monoisotopic (exact) mass is 273 g/mol. The van der Waals surface area contributed by atoms with Crippen LogP contribution in [0.3, 0.4) is 0 Å². The minimum absolute atomic E-state index is 0.239. The van der Waals surface area contributed by atoms with Crippen LogP contribution in [-0.4, -0.2) is 30.2 Å². The van der Waals surface area contributed by atoms with Crippen molar-refractivity contribution in [1.29, 1.82) is 0 Å². The number of ether oxygens (including phenoxy) is 2. The van der Waals surface area contributed by atoms with Crippen LogP contribution in [-0.2, 0) is 25.6 Å². The van der Waals surface area contributed by atoms with Gasteiger partial charge in [-0.05, 0) is 17.5 Å². The minimum atomic E-state index is -0.585. The third kappa shape index (κ3) is 3.47. The summed E-state index contributed by atoms with van der Waals surface area (Å²) in [5.74, 6) is -1.15. The van der Waals surface area contributed by atoms with Crippen molar-refractivity contribution in [3.8, 4) is 0 Å². The highest BCUT2D eigenvalue weighted by Crippen LogP contribution is 2.14. The fourth-order valence-corrected chi connectivity index (χ4v) is 1.83. The molecule has 1 heterocycles. The van der Waals surface area contributed by atoms with E-state index < -0.39 is 11.9 Å². The molecule has 0 atom stereocenters. The van der Waals surface area contributed by atoms with E-state index in [9.17, 15) is 9.59 Å². The molecule has 2 aromatic rings. The second-order valence-corrected chi connectivity index (χ2v) is 4.09. The van der Waals surface area contributed by atoms with E-state index in [4.69, 9.17) is 4.74 Å². The van der Waals surface area contributed by atoms with Crippen molar-refractivity contribution in [3.63, 3.8) is 0 Å². The van der Waals surface area contributed by atoms with Gasteiger partial charge in [-0.2, -0.15) is 0 Å². The molecule has 0 amide bonds. The van der Waals surface area contributed by atoms with E-state index in [2.05, 4.69) is 4.74 Å². The van der Waals surface area contributed by atoms with Gasteiger partial charge in [-0.25, -0.2) is 9.59 Å². The Bertz CT molecular complexity index is 642. The maximum atomic E-state index is 11.3. The summed E-state index contributed by atoms with van der Waals surface area (Å²) in [5.41, 5.74) is 1.09. The third-order valence-corrected chi connectivity index (χ3v) is 2.81. The number of carbonyl (C=O) groups is 2. The molecule has 0 aliphatic heterocycles. The summed E-state index contributed by atoms with van der Waals surface area (Å²) in [6.07, 6.45) is 4.04.